The molecule has 0 saturated carbocycles. The Morgan fingerprint density at radius 1 is 1.75 bits per heavy atom. The molecule has 48 valence electrons. The lowest BCUT2D eigenvalue weighted by molar-refractivity contribution is 0.671. The molecule has 0 aromatic heterocycles. The van der Waals surface area contributed by atoms with Crippen LogP contribution in [0.4, 0.5) is 0 Å². The van der Waals surface area contributed by atoms with Gasteiger partial charge in [0.05, 0.1) is 0 Å². The molecule has 1 aliphatic heterocycles. The molecule has 0 aromatic rings. The Kier molecular flexibility index (Phi) is 2.06. The van der Waals surface area contributed by atoms with Crippen LogP contribution in [0.3, 0.4) is 0 Å². The molecule has 0 bridgehead atoms. The van der Waals surface area contributed by atoms with Crippen molar-refractivity contribution < 1.29 is 4.21 Å². The third-order valence-corrected chi connectivity index (χ3v) is 3.70. The van der Waals surface area contributed by atoms with Crippen molar-refractivity contribution in [3.05, 3.63) is 0 Å². The standard InChI is InChI=1S/C6H12OS/c1-2-6-4-3-5-8(6)7/h6H,2-5H2,1H3/t6-,8?/m1/s1. The normalized spacial score (nSPS) is 38.1. The molecule has 0 amide bonds. The van der Waals surface area contributed by atoms with Crippen molar-refractivity contribution in [1.29, 1.82) is 0 Å². The predicted molar refractivity (Wildman–Crippen MR) is 36.3 cm³/mol. The zero-order valence-electron chi connectivity index (χ0n) is 5.22. The Morgan fingerprint density at radius 3 is 2.75 bits per heavy atom. The predicted octanol–water partition coefficient (Wildman–Crippen LogP) is 1.31. The Labute approximate surface area is 52.9 Å². The highest BCUT2D eigenvalue weighted by atomic mass is 32.2. The summed E-state index contributed by atoms with van der Waals surface area (Å²) in [7, 11) is -0.461. The van der Waals surface area contributed by atoms with Crippen molar-refractivity contribution >= 4 is 10.8 Å². The molecule has 2 heteroatoms. The minimum atomic E-state index is -0.461. The summed E-state index contributed by atoms with van der Waals surface area (Å²) in [6.07, 6.45) is 3.49. The minimum Gasteiger partial charge on any atom is -0.259 e. The molecule has 0 aliphatic carbocycles. The van der Waals surface area contributed by atoms with Gasteiger partial charge in [0.15, 0.2) is 0 Å². The van der Waals surface area contributed by atoms with Crippen LogP contribution < -0.4 is 0 Å². The van der Waals surface area contributed by atoms with Gasteiger partial charge in [0, 0.05) is 21.8 Å². The number of hydrogen-bond acceptors (Lipinski definition) is 1. The van der Waals surface area contributed by atoms with E-state index < -0.39 is 10.8 Å². The van der Waals surface area contributed by atoms with E-state index in [9.17, 15) is 4.21 Å². The first kappa shape index (κ1) is 6.27. The molecule has 1 aliphatic rings. The Balaban J connectivity index is 2.42. The van der Waals surface area contributed by atoms with Gasteiger partial charge in [-0.05, 0) is 19.3 Å². The smallest absolute Gasteiger partial charge is 0.0345 e. The van der Waals surface area contributed by atoms with Crippen LogP contribution in [0.2, 0.25) is 0 Å². The third-order valence-electron chi connectivity index (χ3n) is 1.70. The number of rotatable bonds is 1. The topological polar surface area (TPSA) is 17.1 Å². The fourth-order valence-electron chi connectivity index (χ4n) is 1.14. The van der Waals surface area contributed by atoms with Crippen LogP contribution in [0.5, 0.6) is 0 Å². The average molecular weight is 132 g/mol. The average Bonchev–Trinajstić information content (AvgIpc) is 2.14. The second kappa shape index (κ2) is 2.62. The molecule has 1 heterocycles. The van der Waals surface area contributed by atoms with E-state index in [1.807, 2.05) is 0 Å². The lowest BCUT2D eigenvalue weighted by Gasteiger charge is -2.00. The first-order valence-corrected chi connectivity index (χ1v) is 4.60. The molecule has 1 rings (SSSR count). The summed E-state index contributed by atoms with van der Waals surface area (Å²) in [4.78, 5) is 0. The van der Waals surface area contributed by atoms with E-state index in [1.54, 1.807) is 0 Å². The van der Waals surface area contributed by atoms with Crippen molar-refractivity contribution in [3.63, 3.8) is 0 Å². The van der Waals surface area contributed by atoms with Crippen molar-refractivity contribution in [3.8, 4) is 0 Å². The van der Waals surface area contributed by atoms with Crippen LogP contribution in [0.15, 0.2) is 0 Å². The van der Waals surface area contributed by atoms with Crippen molar-refractivity contribution in [2.75, 3.05) is 5.75 Å². The highest BCUT2D eigenvalue weighted by Gasteiger charge is 2.20. The van der Waals surface area contributed by atoms with E-state index in [2.05, 4.69) is 6.92 Å². The molecule has 1 unspecified atom stereocenters. The largest absolute Gasteiger partial charge is 0.259 e. The van der Waals surface area contributed by atoms with E-state index in [0.29, 0.717) is 5.25 Å². The second-order valence-corrected chi connectivity index (χ2v) is 4.09. The van der Waals surface area contributed by atoms with Gasteiger partial charge >= 0.3 is 0 Å². The lowest BCUT2D eigenvalue weighted by Crippen LogP contribution is -2.05. The molecule has 0 N–H and O–H groups in total. The van der Waals surface area contributed by atoms with Crippen LogP contribution >= 0.6 is 0 Å². The lowest BCUT2D eigenvalue weighted by atomic mass is 10.2. The minimum absolute atomic E-state index is 0.461. The van der Waals surface area contributed by atoms with E-state index in [0.717, 1.165) is 12.2 Å². The van der Waals surface area contributed by atoms with Gasteiger partial charge in [-0.2, -0.15) is 0 Å². The van der Waals surface area contributed by atoms with Gasteiger partial charge in [0.1, 0.15) is 0 Å². The maximum absolute atomic E-state index is 10.9. The molecular formula is C6H12OS. The first-order valence-electron chi connectivity index (χ1n) is 3.21. The van der Waals surface area contributed by atoms with Crippen LogP contribution in [0, 0.1) is 0 Å². The van der Waals surface area contributed by atoms with Crippen molar-refractivity contribution in [2.24, 2.45) is 0 Å². The molecule has 0 radical (unpaired) electrons. The zero-order valence-corrected chi connectivity index (χ0v) is 6.04. The Hall–Kier alpha value is 0.150. The molecule has 1 fully saturated rings. The quantitative estimate of drug-likeness (QED) is 0.525. The summed E-state index contributed by atoms with van der Waals surface area (Å²) in [5.41, 5.74) is 0. The molecule has 0 aromatic carbocycles. The molecule has 8 heavy (non-hydrogen) atoms. The van der Waals surface area contributed by atoms with E-state index in [1.165, 1.54) is 12.8 Å². The highest BCUT2D eigenvalue weighted by Crippen LogP contribution is 2.17. The summed E-state index contributed by atoms with van der Waals surface area (Å²) >= 11 is 0. The fraction of sp³-hybridized carbons (Fsp3) is 1.00. The zero-order chi connectivity index (χ0) is 5.98. The molecule has 1 saturated heterocycles. The van der Waals surface area contributed by atoms with E-state index >= 15 is 0 Å². The second-order valence-electron chi connectivity index (χ2n) is 2.26. The van der Waals surface area contributed by atoms with Gasteiger partial charge in [-0.3, -0.25) is 4.21 Å². The first-order chi connectivity index (χ1) is 3.84. The monoisotopic (exact) mass is 132 g/mol. The van der Waals surface area contributed by atoms with Gasteiger partial charge < -0.3 is 0 Å². The molecule has 1 nitrogen and oxygen atoms in total. The van der Waals surface area contributed by atoms with Gasteiger partial charge in [-0.1, -0.05) is 6.92 Å². The Morgan fingerprint density at radius 2 is 2.50 bits per heavy atom. The van der Waals surface area contributed by atoms with Crippen LogP contribution in [0.1, 0.15) is 26.2 Å². The number of hydrogen-bond donors (Lipinski definition) is 0. The SMILES string of the molecule is CC[C@@H]1CCCS1=O. The van der Waals surface area contributed by atoms with Crippen molar-refractivity contribution in [2.45, 2.75) is 31.4 Å². The van der Waals surface area contributed by atoms with Crippen LogP contribution in [0.25, 0.3) is 0 Å². The van der Waals surface area contributed by atoms with Gasteiger partial charge in [-0.15, -0.1) is 0 Å². The molecule has 2 atom stereocenters. The fourth-order valence-corrected chi connectivity index (χ4v) is 2.73. The summed E-state index contributed by atoms with van der Waals surface area (Å²) in [5, 5.41) is 0.537. The van der Waals surface area contributed by atoms with E-state index in [-0.39, 0.29) is 0 Å². The van der Waals surface area contributed by atoms with Gasteiger partial charge in [0.25, 0.3) is 0 Å². The van der Waals surface area contributed by atoms with Crippen LogP contribution in [-0.4, -0.2) is 15.2 Å². The van der Waals surface area contributed by atoms with Crippen molar-refractivity contribution in [1.82, 2.24) is 0 Å². The van der Waals surface area contributed by atoms with Gasteiger partial charge in [0.2, 0.25) is 0 Å². The van der Waals surface area contributed by atoms with Gasteiger partial charge in [-0.25, -0.2) is 0 Å². The highest BCUT2D eigenvalue weighted by molar-refractivity contribution is 7.85. The molecular weight excluding hydrogens is 120 g/mol. The summed E-state index contributed by atoms with van der Waals surface area (Å²) < 4.78 is 10.9. The maximum atomic E-state index is 10.9. The van der Waals surface area contributed by atoms with E-state index in [4.69, 9.17) is 0 Å². The summed E-state index contributed by atoms with van der Waals surface area (Å²) in [6, 6.07) is 0. The third kappa shape index (κ3) is 1.10. The maximum Gasteiger partial charge on any atom is 0.0345 e. The summed E-state index contributed by atoms with van der Waals surface area (Å²) in [5.74, 6) is 0.957. The van der Waals surface area contributed by atoms with Crippen LogP contribution in [-0.2, 0) is 10.8 Å². The Bertz CT molecular complexity index is 101. The molecule has 0 spiro atoms. The summed E-state index contributed by atoms with van der Waals surface area (Å²) in [6.45, 7) is 2.12.